The summed E-state index contributed by atoms with van der Waals surface area (Å²) in [7, 11) is 1.95. The average Bonchev–Trinajstić information content (AvgIpc) is 2.45. The standard InChI is InChI=1S/C15H20ClFN2O/c1-18-7-4-11-5-8-19(9-6-11)15(20)13-3-2-12(16)10-14(13)17/h2-3,10-11,18H,4-9H2,1H3. The molecule has 1 amide bonds. The first-order chi connectivity index (χ1) is 9.61. The third kappa shape index (κ3) is 3.70. The van der Waals surface area contributed by atoms with Crippen molar-refractivity contribution in [1.82, 2.24) is 10.2 Å². The minimum atomic E-state index is -0.542. The lowest BCUT2D eigenvalue weighted by Gasteiger charge is -2.32. The van der Waals surface area contributed by atoms with Crippen LogP contribution >= 0.6 is 11.6 Å². The maximum absolute atomic E-state index is 13.8. The summed E-state index contributed by atoms with van der Waals surface area (Å²) in [5.41, 5.74) is 0.114. The molecular formula is C15H20ClFN2O. The number of hydrogen-bond acceptors (Lipinski definition) is 2. The van der Waals surface area contributed by atoms with E-state index < -0.39 is 5.82 Å². The number of likely N-dealkylation sites (tertiary alicyclic amines) is 1. The highest BCUT2D eigenvalue weighted by molar-refractivity contribution is 6.30. The van der Waals surface area contributed by atoms with Crippen molar-refractivity contribution >= 4 is 17.5 Å². The van der Waals surface area contributed by atoms with Crippen LogP contribution in [0.25, 0.3) is 0 Å². The summed E-state index contributed by atoms with van der Waals surface area (Å²) in [4.78, 5) is 14.0. The average molecular weight is 299 g/mol. The van der Waals surface area contributed by atoms with Gasteiger partial charge in [-0.1, -0.05) is 11.6 Å². The Balaban J connectivity index is 1.94. The molecule has 1 aromatic rings. The van der Waals surface area contributed by atoms with Crippen LogP contribution in [0.3, 0.4) is 0 Å². The van der Waals surface area contributed by atoms with E-state index in [4.69, 9.17) is 11.6 Å². The zero-order valence-corrected chi connectivity index (χ0v) is 12.4. The van der Waals surface area contributed by atoms with Gasteiger partial charge in [-0.2, -0.15) is 0 Å². The van der Waals surface area contributed by atoms with Crippen molar-refractivity contribution in [3.05, 3.63) is 34.6 Å². The number of carbonyl (C=O) groups excluding carboxylic acids is 1. The van der Waals surface area contributed by atoms with Gasteiger partial charge in [-0.15, -0.1) is 0 Å². The van der Waals surface area contributed by atoms with Crippen LogP contribution in [0.4, 0.5) is 4.39 Å². The van der Waals surface area contributed by atoms with Gasteiger partial charge in [-0.05, 0) is 57.0 Å². The highest BCUT2D eigenvalue weighted by atomic mass is 35.5. The quantitative estimate of drug-likeness (QED) is 0.927. The highest BCUT2D eigenvalue weighted by Gasteiger charge is 2.24. The van der Waals surface area contributed by atoms with E-state index in [2.05, 4.69) is 5.32 Å². The number of hydrogen-bond donors (Lipinski definition) is 1. The number of rotatable bonds is 4. The van der Waals surface area contributed by atoms with E-state index in [0.29, 0.717) is 24.0 Å². The van der Waals surface area contributed by atoms with Crippen LogP contribution in [0.1, 0.15) is 29.6 Å². The molecule has 3 nitrogen and oxygen atoms in total. The summed E-state index contributed by atoms with van der Waals surface area (Å²) in [6.45, 7) is 2.41. The molecule has 0 atom stereocenters. The summed E-state index contributed by atoms with van der Waals surface area (Å²) >= 11 is 5.70. The molecule has 2 rings (SSSR count). The van der Waals surface area contributed by atoms with Gasteiger partial charge in [-0.25, -0.2) is 4.39 Å². The fourth-order valence-corrected chi connectivity index (χ4v) is 2.77. The Labute approximate surface area is 124 Å². The van der Waals surface area contributed by atoms with Crippen LogP contribution in [0, 0.1) is 11.7 Å². The van der Waals surface area contributed by atoms with Gasteiger partial charge in [0.25, 0.3) is 5.91 Å². The largest absolute Gasteiger partial charge is 0.339 e. The van der Waals surface area contributed by atoms with Gasteiger partial charge < -0.3 is 10.2 Å². The first-order valence-corrected chi connectivity index (χ1v) is 7.38. The van der Waals surface area contributed by atoms with E-state index in [1.807, 2.05) is 7.05 Å². The van der Waals surface area contributed by atoms with E-state index in [-0.39, 0.29) is 11.5 Å². The lowest BCUT2D eigenvalue weighted by atomic mass is 9.93. The second-order valence-electron chi connectivity index (χ2n) is 5.25. The maximum atomic E-state index is 13.8. The van der Waals surface area contributed by atoms with Crippen molar-refractivity contribution in [2.24, 2.45) is 5.92 Å². The number of halogens is 2. The van der Waals surface area contributed by atoms with Crippen LogP contribution in [0.5, 0.6) is 0 Å². The van der Waals surface area contributed by atoms with Gasteiger partial charge in [0.05, 0.1) is 5.56 Å². The molecule has 0 aliphatic carbocycles. The first-order valence-electron chi connectivity index (χ1n) is 7.00. The minimum Gasteiger partial charge on any atom is -0.339 e. The minimum absolute atomic E-state index is 0.114. The number of amides is 1. The summed E-state index contributed by atoms with van der Waals surface area (Å²) < 4.78 is 13.8. The van der Waals surface area contributed by atoms with Gasteiger partial charge in [0.1, 0.15) is 5.82 Å². The zero-order chi connectivity index (χ0) is 14.5. The van der Waals surface area contributed by atoms with Gasteiger partial charge in [0.2, 0.25) is 0 Å². The number of nitrogens with one attached hydrogen (secondary N) is 1. The Morgan fingerprint density at radius 2 is 2.15 bits per heavy atom. The Hall–Kier alpha value is -1.13. The van der Waals surface area contributed by atoms with E-state index >= 15 is 0 Å². The van der Waals surface area contributed by atoms with E-state index in [9.17, 15) is 9.18 Å². The number of nitrogens with zero attached hydrogens (tertiary/aromatic N) is 1. The summed E-state index contributed by atoms with van der Waals surface area (Å²) in [5.74, 6) is -0.118. The van der Waals surface area contributed by atoms with Gasteiger partial charge in [0, 0.05) is 18.1 Å². The molecule has 1 saturated heterocycles. The van der Waals surface area contributed by atoms with Crippen molar-refractivity contribution in [1.29, 1.82) is 0 Å². The predicted molar refractivity (Wildman–Crippen MR) is 78.6 cm³/mol. The molecule has 0 bridgehead atoms. The van der Waals surface area contributed by atoms with Crippen molar-refractivity contribution < 1.29 is 9.18 Å². The Morgan fingerprint density at radius 3 is 2.75 bits per heavy atom. The number of piperidine rings is 1. The SMILES string of the molecule is CNCCC1CCN(C(=O)c2ccc(Cl)cc2F)CC1. The van der Waals surface area contributed by atoms with E-state index in [0.717, 1.165) is 25.8 Å². The molecule has 1 aliphatic rings. The second-order valence-corrected chi connectivity index (χ2v) is 5.69. The normalized spacial score (nSPS) is 16.4. The number of benzene rings is 1. The molecule has 1 aromatic carbocycles. The maximum Gasteiger partial charge on any atom is 0.256 e. The van der Waals surface area contributed by atoms with E-state index in [1.54, 1.807) is 11.0 Å². The molecule has 0 aromatic heterocycles. The summed E-state index contributed by atoms with van der Waals surface area (Å²) in [6.07, 6.45) is 3.11. The first kappa shape index (κ1) is 15.3. The molecule has 0 saturated carbocycles. The lowest BCUT2D eigenvalue weighted by molar-refractivity contribution is 0.0682. The van der Waals surface area contributed by atoms with Crippen LogP contribution in [0.15, 0.2) is 18.2 Å². The van der Waals surface area contributed by atoms with Gasteiger partial charge >= 0.3 is 0 Å². The molecule has 0 radical (unpaired) electrons. The van der Waals surface area contributed by atoms with Crippen LogP contribution in [-0.4, -0.2) is 37.5 Å². The molecule has 20 heavy (non-hydrogen) atoms. The highest BCUT2D eigenvalue weighted by Crippen LogP contribution is 2.23. The smallest absolute Gasteiger partial charge is 0.256 e. The topological polar surface area (TPSA) is 32.3 Å². The predicted octanol–water partition coefficient (Wildman–Crippen LogP) is 2.94. The second kappa shape index (κ2) is 7.04. The summed E-state index contributed by atoms with van der Waals surface area (Å²) in [5, 5.41) is 3.45. The van der Waals surface area contributed by atoms with Crippen LogP contribution in [0.2, 0.25) is 5.02 Å². The van der Waals surface area contributed by atoms with Crippen LogP contribution in [-0.2, 0) is 0 Å². The lowest BCUT2D eigenvalue weighted by Crippen LogP contribution is -2.39. The number of carbonyl (C=O) groups is 1. The fourth-order valence-electron chi connectivity index (χ4n) is 2.61. The monoisotopic (exact) mass is 298 g/mol. The zero-order valence-electron chi connectivity index (χ0n) is 11.7. The molecule has 5 heteroatoms. The van der Waals surface area contributed by atoms with Crippen molar-refractivity contribution in [3.8, 4) is 0 Å². The Kier molecular flexibility index (Phi) is 5.38. The fraction of sp³-hybridized carbons (Fsp3) is 0.533. The molecule has 110 valence electrons. The van der Waals surface area contributed by atoms with E-state index in [1.165, 1.54) is 12.1 Å². The van der Waals surface area contributed by atoms with Crippen LogP contribution < -0.4 is 5.32 Å². The molecule has 1 aliphatic heterocycles. The van der Waals surface area contributed by atoms with Crippen molar-refractivity contribution in [2.45, 2.75) is 19.3 Å². The third-order valence-corrected chi connectivity index (χ3v) is 4.10. The molecule has 0 spiro atoms. The molecule has 1 N–H and O–H groups in total. The molecular weight excluding hydrogens is 279 g/mol. The third-order valence-electron chi connectivity index (χ3n) is 3.87. The Bertz CT molecular complexity index is 473. The Morgan fingerprint density at radius 1 is 1.45 bits per heavy atom. The van der Waals surface area contributed by atoms with Crippen molar-refractivity contribution in [2.75, 3.05) is 26.7 Å². The van der Waals surface area contributed by atoms with Crippen molar-refractivity contribution in [3.63, 3.8) is 0 Å². The molecule has 1 fully saturated rings. The molecule has 1 heterocycles. The van der Waals surface area contributed by atoms with Gasteiger partial charge in [-0.3, -0.25) is 4.79 Å². The molecule has 0 unspecified atom stereocenters. The van der Waals surface area contributed by atoms with Gasteiger partial charge in [0.15, 0.2) is 0 Å². The summed E-state index contributed by atoms with van der Waals surface area (Å²) in [6, 6.07) is 4.21.